The Morgan fingerprint density at radius 1 is 1.41 bits per heavy atom. The van der Waals surface area contributed by atoms with Crippen LogP contribution >= 0.6 is 0 Å². The van der Waals surface area contributed by atoms with E-state index in [4.69, 9.17) is 4.74 Å². The number of carbonyl (C=O) groups is 1. The van der Waals surface area contributed by atoms with Gasteiger partial charge in [-0.2, -0.15) is 0 Å². The highest BCUT2D eigenvalue weighted by atomic mass is 16.5. The van der Waals surface area contributed by atoms with Crippen LogP contribution in [0.4, 0.5) is 0 Å². The Morgan fingerprint density at radius 2 is 1.94 bits per heavy atom. The number of methoxy groups -OCH3 is 1. The zero-order chi connectivity index (χ0) is 12.5. The van der Waals surface area contributed by atoms with Crippen LogP contribution in [-0.4, -0.2) is 35.2 Å². The molecule has 1 aromatic rings. The summed E-state index contributed by atoms with van der Waals surface area (Å²) in [5.74, 6) is -0.841. The fourth-order valence-corrected chi connectivity index (χ4v) is 2.25. The number of rotatable bonds is 4. The van der Waals surface area contributed by atoms with Crippen molar-refractivity contribution in [1.82, 2.24) is 4.90 Å². The normalized spacial score (nSPS) is 18.7. The largest absolute Gasteiger partial charge is 0.480 e. The molecule has 0 spiro atoms. The third-order valence-electron chi connectivity index (χ3n) is 3.42. The lowest BCUT2D eigenvalue weighted by atomic mass is 10.0. The van der Waals surface area contributed by atoms with Crippen molar-refractivity contribution in [2.75, 3.05) is 13.7 Å². The second kappa shape index (κ2) is 4.47. The van der Waals surface area contributed by atoms with Crippen LogP contribution in [0.2, 0.25) is 0 Å². The maximum Gasteiger partial charge on any atom is 0.326 e. The van der Waals surface area contributed by atoms with E-state index in [9.17, 15) is 9.90 Å². The van der Waals surface area contributed by atoms with Crippen LogP contribution in [-0.2, 0) is 22.6 Å². The number of carboxylic acid groups (broad SMARTS) is 1. The van der Waals surface area contributed by atoms with Gasteiger partial charge in [0.1, 0.15) is 5.54 Å². The monoisotopic (exact) mass is 235 g/mol. The molecule has 1 N–H and O–H groups in total. The number of benzene rings is 1. The van der Waals surface area contributed by atoms with E-state index in [1.165, 1.54) is 18.2 Å². The number of ether oxygens (including phenoxy) is 1. The molecule has 4 heteroatoms. The van der Waals surface area contributed by atoms with Crippen molar-refractivity contribution in [2.24, 2.45) is 0 Å². The Labute approximate surface area is 101 Å². The van der Waals surface area contributed by atoms with Crippen LogP contribution in [0.15, 0.2) is 24.3 Å². The van der Waals surface area contributed by atoms with Gasteiger partial charge >= 0.3 is 5.97 Å². The maximum atomic E-state index is 11.4. The molecule has 0 aliphatic carbocycles. The van der Waals surface area contributed by atoms with E-state index in [2.05, 4.69) is 0 Å². The summed E-state index contributed by atoms with van der Waals surface area (Å²) in [5.41, 5.74) is 1.44. The number of nitrogens with zero attached hydrogens (tertiary/aromatic N) is 1. The molecule has 4 nitrogen and oxygen atoms in total. The number of aliphatic carboxylic acids is 1. The van der Waals surface area contributed by atoms with Gasteiger partial charge in [-0.05, 0) is 18.1 Å². The van der Waals surface area contributed by atoms with Gasteiger partial charge in [0.05, 0.1) is 6.61 Å². The Bertz CT molecular complexity index is 407. The van der Waals surface area contributed by atoms with E-state index in [-0.39, 0.29) is 6.61 Å². The minimum absolute atomic E-state index is 0.191. The van der Waals surface area contributed by atoms with Crippen molar-refractivity contribution < 1.29 is 14.6 Å². The summed E-state index contributed by atoms with van der Waals surface area (Å²) in [6.45, 7) is 3.24. The average Bonchev–Trinajstić information content (AvgIpc) is 2.72. The maximum absolute atomic E-state index is 11.4. The van der Waals surface area contributed by atoms with Gasteiger partial charge in [-0.3, -0.25) is 9.69 Å². The van der Waals surface area contributed by atoms with Crippen LogP contribution in [0.1, 0.15) is 18.1 Å². The van der Waals surface area contributed by atoms with Gasteiger partial charge in [-0.25, -0.2) is 0 Å². The van der Waals surface area contributed by atoms with Gasteiger partial charge in [-0.1, -0.05) is 24.3 Å². The third-order valence-corrected chi connectivity index (χ3v) is 3.42. The first-order valence-corrected chi connectivity index (χ1v) is 5.62. The van der Waals surface area contributed by atoms with Crippen LogP contribution in [0, 0.1) is 0 Å². The summed E-state index contributed by atoms with van der Waals surface area (Å²) >= 11 is 0. The van der Waals surface area contributed by atoms with Crippen molar-refractivity contribution in [1.29, 1.82) is 0 Å². The van der Waals surface area contributed by atoms with Crippen molar-refractivity contribution in [2.45, 2.75) is 25.6 Å². The van der Waals surface area contributed by atoms with Gasteiger partial charge in [0.25, 0.3) is 0 Å². The fraction of sp³-hybridized carbons (Fsp3) is 0.462. The first-order valence-electron chi connectivity index (χ1n) is 5.62. The number of hydrogen-bond acceptors (Lipinski definition) is 3. The van der Waals surface area contributed by atoms with E-state index in [0.717, 1.165) is 0 Å². The Morgan fingerprint density at radius 3 is 2.35 bits per heavy atom. The van der Waals surface area contributed by atoms with E-state index < -0.39 is 11.5 Å². The van der Waals surface area contributed by atoms with E-state index >= 15 is 0 Å². The van der Waals surface area contributed by atoms with E-state index in [1.54, 1.807) is 6.92 Å². The molecule has 0 amide bonds. The van der Waals surface area contributed by atoms with Gasteiger partial charge < -0.3 is 9.84 Å². The Kier molecular flexibility index (Phi) is 3.17. The molecule has 17 heavy (non-hydrogen) atoms. The zero-order valence-corrected chi connectivity index (χ0v) is 10.1. The molecule has 2 rings (SSSR count). The SMILES string of the molecule is COCC(C)(C(=O)O)N1Cc2ccccc2C1. The molecule has 1 aliphatic heterocycles. The molecular weight excluding hydrogens is 218 g/mol. The molecule has 0 saturated carbocycles. The number of hydrogen-bond donors (Lipinski definition) is 1. The lowest BCUT2D eigenvalue weighted by molar-refractivity contribution is -0.154. The van der Waals surface area contributed by atoms with Gasteiger partial charge in [0.15, 0.2) is 0 Å². The van der Waals surface area contributed by atoms with Crippen molar-refractivity contribution in [3.05, 3.63) is 35.4 Å². The highest BCUT2D eigenvalue weighted by molar-refractivity contribution is 5.78. The molecule has 0 aromatic heterocycles. The third kappa shape index (κ3) is 2.06. The summed E-state index contributed by atoms with van der Waals surface area (Å²) in [4.78, 5) is 13.4. The summed E-state index contributed by atoms with van der Waals surface area (Å²) < 4.78 is 5.06. The fourth-order valence-electron chi connectivity index (χ4n) is 2.25. The molecule has 1 heterocycles. The molecule has 92 valence electrons. The summed E-state index contributed by atoms with van der Waals surface area (Å²) in [6.07, 6.45) is 0. The predicted molar refractivity (Wildman–Crippen MR) is 63.6 cm³/mol. The first kappa shape index (κ1) is 12.1. The second-order valence-electron chi connectivity index (χ2n) is 4.64. The van der Waals surface area contributed by atoms with Gasteiger partial charge in [0, 0.05) is 20.2 Å². The highest BCUT2D eigenvalue weighted by Crippen LogP contribution is 2.29. The zero-order valence-electron chi connectivity index (χ0n) is 10.1. The molecule has 0 radical (unpaired) electrons. The van der Waals surface area contributed by atoms with Crippen LogP contribution < -0.4 is 0 Å². The molecule has 0 saturated heterocycles. The van der Waals surface area contributed by atoms with Crippen LogP contribution in [0.5, 0.6) is 0 Å². The molecule has 1 aliphatic rings. The Balaban J connectivity index is 2.23. The second-order valence-corrected chi connectivity index (χ2v) is 4.64. The lowest BCUT2D eigenvalue weighted by Gasteiger charge is -2.33. The van der Waals surface area contributed by atoms with Crippen LogP contribution in [0.3, 0.4) is 0 Å². The molecular formula is C13H17NO3. The van der Waals surface area contributed by atoms with Gasteiger partial charge in [0.2, 0.25) is 0 Å². The minimum atomic E-state index is -0.965. The Hall–Kier alpha value is -1.39. The first-order chi connectivity index (χ1) is 8.08. The molecule has 0 fully saturated rings. The molecule has 1 unspecified atom stereocenters. The highest BCUT2D eigenvalue weighted by Gasteiger charge is 2.42. The summed E-state index contributed by atoms with van der Waals surface area (Å²) in [6, 6.07) is 8.06. The van der Waals surface area contributed by atoms with Crippen molar-refractivity contribution in [3.63, 3.8) is 0 Å². The van der Waals surface area contributed by atoms with Crippen molar-refractivity contribution >= 4 is 5.97 Å². The minimum Gasteiger partial charge on any atom is -0.480 e. The van der Waals surface area contributed by atoms with E-state index in [1.807, 2.05) is 29.2 Å². The quantitative estimate of drug-likeness (QED) is 0.859. The molecule has 0 bridgehead atoms. The summed E-state index contributed by atoms with van der Waals surface area (Å²) in [5, 5.41) is 9.38. The van der Waals surface area contributed by atoms with Gasteiger partial charge in [-0.15, -0.1) is 0 Å². The topological polar surface area (TPSA) is 49.8 Å². The predicted octanol–water partition coefficient (Wildman–Crippen LogP) is 1.49. The number of fused-ring (bicyclic) bond motifs is 1. The average molecular weight is 235 g/mol. The van der Waals surface area contributed by atoms with E-state index in [0.29, 0.717) is 13.1 Å². The molecule has 1 aromatic carbocycles. The summed E-state index contributed by atoms with van der Waals surface area (Å²) in [7, 11) is 1.53. The standard InChI is InChI=1S/C13H17NO3/c1-13(9-17-2,12(15)16)14-7-10-5-3-4-6-11(10)8-14/h3-6H,7-9H2,1-2H3,(H,15,16). The molecule has 1 atom stereocenters. The lowest BCUT2D eigenvalue weighted by Crippen LogP contribution is -2.53. The van der Waals surface area contributed by atoms with Crippen LogP contribution in [0.25, 0.3) is 0 Å². The van der Waals surface area contributed by atoms with Crippen molar-refractivity contribution in [3.8, 4) is 0 Å². The smallest absolute Gasteiger partial charge is 0.326 e. The number of carboxylic acids is 1.